The molecular weight excluding hydrogens is 227 g/mol. The van der Waals surface area contributed by atoms with Crippen molar-refractivity contribution in [2.24, 2.45) is 0 Å². The third-order valence-corrected chi connectivity index (χ3v) is 3.37. The van der Waals surface area contributed by atoms with E-state index in [1.54, 1.807) is 12.1 Å². The lowest BCUT2D eigenvalue weighted by molar-refractivity contribution is -0.703. The minimum absolute atomic E-state index is 0.567. The Morgan fingerprint density at radius 1 is 1.06 bits per heavy atom. The lowest BCUT2D eigenvalue weighted by Gasteiger charge is -2.10. The minimum Gasteiger partial charge on any atom is -0.340 e. The van der Waals surface area contributed by atoms with Crippen LogP contribution in [0.25, 0.3) is 0 Å². The van der Waals surface area contributed by atoms with Crippen molar-refractivity contribution >= 4 is 0 Å². The first-order valence-electron chi connectivity index (χ1n) is 6.05. The molecule has 0 unspecified atom stereocenters. The molecule has 17 heavy (non-hydrogen) atoms. The Balaban J connectivity index is 1.89. The number of hydrogen-bond donors (Lipinski definition) is 1. The normalized spacial score (nSPS) is 17.6. The first kappa shape index (κ1) is 12.4. The molecular formula is C13H17F3N+. The highest BCUT2D eigenvalue weighted by Crippen LogP contribution is 2.28. The van der Waals surface area contributed by atoms with Crippen LogP contribution in [-0.4, -0.2) is 6.04 Å². The predicted octanol–water partition coefficient (Wildman–Crippen LogP) is 2.71. The van der Waals surface area contributed by atoms with Gasteiger partial charge in [-0.2, -0.15) is 13.2 Å². The van der Waals surface area contributed by atoms with Gasteiger partial charge in [-0.3, -0.25) is 0 Å². The van der Waals surface area contributed by atoms with Crippen LogP contribution in [-0.2, 0) is 12.7 Å². The molecule has 1 aliphatic carbocycles. The molecule has 0 spiro atoms. The Kier molecular flexibility index (Phi) is 3.72. The molecule has 1 aromatic carbocycles. The smallest absolute Gasteiger partial charge is 0.340 e. The van der Waals surface area contributed by atoms with E-state index in [9.17, 15) is 13.2 Å². The van der Waals surface area contributed by atoms with Gasteiger partial charge in [0.25, 0.3) is 0 Å². The van der Waals surface area contributed by atoms with Crippen LogP contribution in [0, 0.1) is 0 Å². The number of benzene rings is 1. The zero-order chi connectivity index (χ0) is 12.3. The maximum absolute atomic E-state index is 12.3. The fourth-order valence-corrected chi connectivity index (χ4v) is 2.33. The van der Waals surface area contributed by atoms with Gasteiger partial charge in [0.1, 0.15) is 6.54 Å². The summed E-state index contributed by atoms with van der Waals surface area (Å²) in [6, 6.07) is 6.15. The van der Waals surface area contributed by atoms with Gasteiger partial charge < -0.3 is 5.32 Å². The van der Waals surface area contributed by atoms with E-state index in [0.717, 1.165) is 24.2 Å². The first-order valence-corrected chi connectivity index (χ1v) is 6.05. The Hall–Kier alpha value is -1.03. The summed E-state index contributed by atoms with van der Waals surface area (Å²) in [7, 11) is 0. The first-order chi connectivity index (χ1) is 8.05. The second kappa shape index (κ2) is 5.08. The number of nitrogens with two attached hydrogens (primary N) is 1. The van der Waals surface area contributed by atoms with E-state index in [2.05, 4.69) is 5.32 Å². The van der Waals surface area contributed by atoms with Crippen molar-refractivity contribution in [3.05, 3.63) is 35.4 Å². The Morgan fingerprint density at radius 2 is 1.65 bits per heavy atom. The molecule has 0 aliphatic heterocycles. The molecule has 1 aliphatic rings. The van der Waals surface area contributed by atoms with Crippen molar-refractivity contribution in [2.45, 2.75) is 44.4 Å². The lowest BCUT2D eigenvalue weighted by atomic mass is 10.1. The van der Waals surface area contributed by atoms with Gasteiger partial charge in [-0.25, -0.2) is 0 Å². The second-order valence-electron chi connectivity index (χ2n) is 4.68. The zero-order valence-corrected chi connectivity index (χ0v) is 9.63. The molecule has 0 amide bonds. The summed E-state index contributed by atoms with van der Waals surface area (Å²) >= 11 is 0. The summed E-state index contributed by atoms with van der Waals surface area (Å²) in [6.45, 7) is 0.781. The highest BCUT2D eigenvalue weighted by Gasteiger charge is 2.30. The van der Waals surface area contributed by atoms with Gasteiger partial charge in [-0.1, -0.05) is 12.1 Å². The Labute approximate surface area is 99.0 Å². The molecule has 1 saturated carbocycles. The van der Waals surface area contributed by atoms with Crippen molar-refractivity contribution < 1.29 is 18.5 Å². The largest absolute Gasteiger partial charge is 0.416 e. The van der Waals surface area contributed by atoms with Crippen LogP contribution in [0.4, 0.5) is 13.2 Å². The average Bonchev–Trinajstić information content (AvgIpc) is 2.78. The third-order valence-electron chi connectivity index (χ3n) is 3.37. The van der Waals surface area contributed by atoms with Crippen LogP contribution >= 0.6 is 0 Å². The highest BCUT2D eigenvalue weighted by molar-refractivity contribution is 5.23. The standard InChI is InChI=1S/C13H16F3N/c14-13(15,16)11-7-5-10(6-8-11)9-17-12-3-1-2-4-12/h5-8,12,17H,1-4,9H2/p+1. The molecule has 4 heteroatoms. The SMILES string of the molecule is FC(F)(F)c1ccc(C[NH2+]C2CCCC2)cc1. The van der Waals surface area contributed by atoms with Crippen LogP contribution in [0.1, 0.15) is 36.8 Å². The van der Waals surface area contributed by atoms with E-state index in [-0.39, 0.29) is 0 Å². The summed E-state index contributed by atoms with van der Waals surface area (Å²) in [5.74, 6) is 0. The summed E-state index contributed by atoms with van der Waals surface area (Å²) in [5, 5.41) is 2.25. The molecule has 1 aromatic rings. The van der Waals surface area contributed by atoms with Gasteiger partial charge in [0.05, 0.1) is 11.6 Å². The summed E-state index contributed by atoms with van der Waals surface area (Å²) in [4.78, 5) is 0. The number of quaternary nitrogens is 1. The molecule has 2 rings (SSSR count). The van der Waals surface area contributed by atoms with Gasteiger partial charge in [0.2, 0.25) is 0 Å². The van der Waals surface area contributed by atoms with Crippen LogP contribution < -0.4 is 5.32 Å². The van der Waals surface area contributed by atoms with Crippen molar-refractivity contribution in [3.63, 3.8) is 0 Å². The van der Waals surface area contributed by atoms with Crippen molar-refractivity contribution in [2.75, 3.05) is 0 Å². The second-order valence-corrected chi connectivity index (χ2v) is 4.68. The van der Waals surface area contributed by atoms with Crippen LogP contribution in [0.5, 0.6) is 0 Å². The van der Waals surface area contributed by atoms with Crippen LogP contribution in [0.15, 0.2) is 24.3 Å². The molecule has 0 atom stereocenters. The summed E-state index contributed by atoms with van der Waals surface area (Å²) in [5.41, 5.74) is 0.395. The number of hydrogen-bond acceptors (Lipinski definition) is 0. The number of rotatable bonds is 3. The lowest BCUT2D eigenvalue weighted by Crippen LogP contribution is -2.87. The molecule has 2 N–H and O–H groups in total. The molecule has 0 saturated heterocycles. The van der Waals surface area contributed by atoms with E-state index in [4.69, 9.17) is 0 Å². The van der Waals surface area contributed by atoms with Gasteiger partial charge in [0.15, 0.2) is 0 Å². The Morgan fingerprint density at radius 3 is 2.18 bits per heavy atom. The van der Waals surface area contributed by atoms with Crippen LogP contribution in [0.2, 0.25) is 0 Å². The summed E-state index contributed by atoms with van der Waals surface area (Å²) < 4.78 is 37.0. The van der Waals surface area contributed by atoms with E-state index < -0.39 is 11.7 Å². The maximum atomic E-state index is 12.3. The van der Waals surface area contributed by atoms with Gasteiger partial charge in [-0.05, 0) is 37.8 Å². The fraction of sp³-hybridized carbons (Fsp3) is 0.538. The van der Waals surface area contributed by atoms with Crippen LogP contribution in [0.3, 0.4) is 0 Å². The van der Waals surface area contributed by atoms with Gasteiger partial charge in [0, 0.05) is 5.56 Å². The van der Waals surface area contributed by atoms with Crippen molar-refractivity contribution in [1.29, 1.82) is 0 Å². The van der Waals surface area contributed by atoms with E-state index in [1.165, 1.54) is 25.7 Å². The highest BCUT2D eigenvalue weighted by atomic mass is 19.4. The molecule has 1 fully saturated rings. The monoisotopic (exact) mass is 244 g/mol. The van der Waals surface area contributed by atoms with Gasteiger partial charge >= 0.3 is 6.18 Å². The summed E-state index contributed by atoms with van der Waals surface area (Å²) in [6.07, 6.45) is 0.817. The van der Waals surface area contributed by atoms with E-state index >= 15 is 0 Å². The molecule has 0 bridgehead atoms. The number of alkyl halides is 3. The zero-order valence-electron chi connectivity index (χ0n) is 9.63. The molecule has 1 nitrogen and oxygen atoms in total. The topological polar surface area (TPSA) is 16.6 Å². The van der Waals surface area contributed by atoms with E-state index in [0.29, 0.717) is 6.04 Å². The molecule has 0 radical (unpaired) electrons. The Bertz CT molecular complexity index is 350. The number of halogens is 3. The third kappa shape index (κ3) is 3.46. The van der Waals surface area contributed by atoms with Crippen molar-refractivity contribution in [1.82, 2.24) is 0 Å². The maximum Gasteiger partial charge on any atom is 0.416 e. The van der Waals surface area contributed by atoms with Crippen molar-refractivity contribution in [3.8, 4) is 0 Å². The molecule has 0 heterocycles. The fourth-order valence-electron chi connectivity index (χ4n) is 2.33. The minimum atomic E-state index is -4.23. The van der Waals surface area contributed by atoms with Gasteiger partial charge in [-0.15, -0.1) is 0 Å². The molecule has 0 aromatic heterocycles. The van der Waals surface area contributed by atoms with E-state index in [1.807, 2.05) is 0 Å². The predicted molar refractivity (Wildman–Crippen MR) is 59.3 cm³/mol. The quantitative estimate of drug-likeness (QED) is 0.842. The average molecular weight is 244 g/mol. The molecule has 94 valence electrons.